The van der Waals surface area contributed by atoms with Gasteiger partial charge in [0.2, 0.25) is 11.8 Å². The van der Waals surface area contributed by atoms with Gasteiger partial charge in [-0.1, -0.05) is 11.8 Å². The molecule has 1 saturated heterocycles. The lowest BCUT2D eigenvalue weighted by Crippen LogP contribution is -2.43. The maximum absolute atomic E-state index is 10.2. The summed E-state index contributed by atoms with van der Waals surface area (Å²) in [5.74, 6) is 1.16. The summed E-state index contributed by atoms with van der Waals surface area (Å²) in [6.45, 7) is -0.109. The Balaban J connectivity index is 1.84. The molecule has 0 aromatic carbocycles. The van der Waals surface area contributed by atoms with Crippen LogP contribution in [0.1, 0.15) is 6.42 Å². The Morgan fingerprint density at radius 2 is 2.08 bits per heavy atom. The number of aliphatic hydroxyl groups is 4. The van der Waals surface area contributed by atoms with Crippen LogP contribution in [0.15, 0.2) is 4.90 Å². The number of fused-ring (bicyclic) bond motifs is 1. The van der Waals surface area contributed by atoms with E-state index in [1.54, 1.807) is 4.90 Å². The first kappa shape index (κ1) is 17.5. The largest absolute Gasteiger partial charge is 0.477 e. The topological polar surface area (TPSA) is 154 Å². The fraction of sp³-hybridized carbons (Fsp3) is 0.692. The summed E-state index contributed by atoms with van der Waals surface area (Å²) in [6, 6.07) is 0. The van der Waals surface area contributed by atoms with E-state index in [1.807, 2.05) is 0 Å². The first-order valence-electron chi connectivity index (χ1n) is 7.50. The van der Waals surface area contributed by atoms with Gasteiger partial charge in [-0.15, -0.1) is 0 Å². The van der Waals surface area contributed by atoms with Gasteiger partial charge in [-0.05, 0) is 0 Å². The predicted octanol–water partition coefficient (Wildman–Crippen LogP) is -1.87. The average Bonchev–Trinajstić information content (AvgIpc) is 3.10. The van der Waals surface area contributed by atoms with Crippen LogP contribution in [0.25, 0.3) is 0 Å². The average molecular weight is 360 g/mol. The Morgan fingerprint density at radius 3 is 2.75 bits per heavy atom. The zero-order valence-corrected chi connectivity index (χ0v) is 13.6. The van der Waals surface area contributed by atoms with E-state index in [1.165, 1.54) is 11.8 Å². The van der Waals surface area contributed by atoms with E-state index in [0.717, 1.165) is 0 Å². The fourth-order valence-electron chi connectivity index (χ4n) is 2.61. The second kappa shape index (κ2) is 7.25. The van der Waals surface area contributed by atoms with E-state index in [-0.39, 0.29) is 19.2 Å². The standard InChI is InChI=1S/C13H20N4O6S/c14-13-15-10-9(11(16-13)22-3-1-2-18)24-5-17(10)12-8(21)7(20)6(4-19)23-12/h6-8,12,18-21H,1-5H2,(H2,14,15,16)/t6-,7-,8-,12-/m1/s1. The van der Waals surface area contributed by atoms with Crippen LogP contribution in [-0.2, 0) is 4.74 Å². The minimum absolute atomic E-state index is 0.00453. The molecule has 0 aliphatic carbocycles. The Kier molecular flexibility index (Phi) is 5.27. The summed E-state index contributed by atoms with van der Waals surface area (Å²) < 4.78 is 11.1. The van der Waals surface area contributed by atoms with Gasteiger partial charge in [-0.3, -0.25) is 0 Å². The number of ether oxygens (including phenoxy) is 2. The summed E-state index contributed by atoms with van der Waals surface area (Å²) >= 11 is 1.39. The highest BCUT2D eigenvalue weighted by atomic mass is 32.2. The third kappa shape index (κ3) is 3.10. The molecule has 10 nitrogen and oxygen atoms in total. The van der Waals surface area contributed by atoms with Gasteiger partial charge >= 0.3 is 0 Å². The van der Waals surface area contributed by atoms with E-state index in [0.29, 0.717) is 28.9 Å². The van der Waals surface area contributed by atoms with E-state index >= 15 is 0 Å². The van der Waals surface area contributed by atoms with Gasteiger partial charge in [-0.2, -0.15) is 9.97 Å². The molecule has 2 aliphatic heterocycles. The summed E-state index contributed by atoms with van der Waals surface area (Å²) in [4.78, 5) is 10.6. The minimum Gasteiger partial charge on any atom is -0.477 e. The number of nitrogens with zero attached hydrogens (tertiary/aromatic N) is 3. The highest BCUT2D eigenvalue weighted by Gasteiger charge is 2.47. The minimum atomic E-state index is -1.19. The fourth-order valence-corrected chi connectivity index (χ4v) is 3.67. The first-order chi connectivity index (χ1) is 11.6. The van der Waals surface area contributed by atoms with Crippen molar-refractivity contribution >= 4 is 23.5 Å². The lowest BCUT2D eigenvalue weighted by Gasteiger charge is -2.27. The van der Waals surface area contributed by atoms with Gasteiger partial charge in [0.1, 0.15) is 23.2 Å². The molecule has 2 aliphatic rings. The molecule has 6 N–H and O–H groups in total. The number of nitrogen functional groups attached to an aromatic ring is 1. The van der Waals surface area contributed by atoms with Crippen molar-refractivity contribution < 1.29 is 29.9 Å². The monoisotopic (exact) mass is 360 g/mol. The van der Waals surface area contributed by atoms with Crippen LogP contribution in [0.4, 0.5) is 11.8 Å². The van der Waals surface area contributed by atoms with Gasteiger partial charge < -0.3 is 40.5 Å². The van der Waals surface area contributed by atoms with Crippen molar-refractivity contribution in [2.45, 2.75) is 35.9 Å². The van der Waals surface area contributed by atoms with Crippen molar-refractivity contribution in [1.29, 1.82) is 0 Å². The van der Waals surface area contributed by atoms with E-state index < -0.39 is 31.1 Å². The maximum Gasteiger partial charge on any atom is 0.234 e. The molecule has 134 valence electrons. The molecule has 0 spiro atoms. The second-order valence-corrected chi connectivity index (χ2v) is 6.39. The lowest BCUT2D eigenvalue weighted by molar-refractivity contribution is -0.0216. The van der Waals surface area contributed by atoms with Gasteiger partial charge in [0.05, 0.1) is 19.1 Å². The van der Waals surface area contributed by atoms with Crippen molar-refractivity contribution in [2.24, 2.45) is 0 Å². The number of aliphatic hydroxyl groups excluding tert-OH is 4. The number of hydrogen-bond donors (Lipinski definition) is 5. The molecule has 11 heteroatoms. The van der Waals surface area contributed by atoms with Gasteiger partial charge in [0, 0.05) is 13.0 Å². The molecule has 4 atom stereocenters. The van der Waals surface area contributed by atoms with Crippen molar-refractivity contribution in [3.8, 4) is 5.88 Å². The van der Waals surface area contributed by atoms with Crippen LogP contribution in [0.2, 0.25) is 0 Å². The van der Waals surface area contributed by atoms with Crippen LogP contribution in [0.5, 0.6) is 5.88 Å². The van der Waals surface area contributed by atoms with E-state index in [2.05, 4.69) is 9.97 Å². The number of rotatable bonds is 6. The van der Waals surface area contributed by atoms with Crippen LogP contribution in [-0.4, -0.2) is 80.6 Å². The quantitative estimate of drug-likeness (QED) is 0.362. The third-order valence-electron chi connectivity index (χ3n) is 3.82. The molecule has 0 amide bonds. The molecule has 24 heavy (non-hydrogen) atoms. The summed E-state index contributed by atoms with van der Waals surface area (Å²) in [5.41, 5.74) is 5.73. The normalized spacial score (nSPS) is 29.1. The molecular weight excluding hydrogens is 340 g/mol. The molecule has 0 unspecified atom stereocenters. The van der Waals surface area contributed by atoms with E-state index in [4.69, 9.17) is 20.3 Å². The van der Waals surface area contributed by atoms with Crippen LogP contribution >= 0.6 is 11.8 Å². The molecule has 1 fully saturated rings. The SMILES string of the molecule is Nc1nc(OCCCO)c2c(n1)N([C@@H]1O[C@H](CO)[C@@H](O)[C@H]1O)CS2. The zero-order valence-electron chi connectivity index (χ0n) is 12.8. The maximum atomic E-state index is 10.2. The molecule has 0 saturated carbocycles. The lowest BCUT2D eigenvalue weighted by atomic mass is 10.1. The van der Waals surface area contributed by atoms with Crippen molar-refractivity contribution in [3.63, 3.8) is 0 Å². The zero-order chi connectivity index (χ0) is 17.3. The van der Waals surface area contributed by atoms with Gasteiger partial charge in [0.25, 0.3) is 0 Å². The van der Waals surface area contributed by atoms with Gasteiger partial charge in [-0.25, -0.2) is 0 Å². The summed E-state index contributed by atoms with van der Waals surface area (Å²) in [6.07, 6.45) is -3.64. The van der Waals surface area contributed by atoms with Crippen LogP contribution in [0, 0.1) is 0 Å². The van der Waals surface area contributed by atoms with Crippen molar-refractivity contribution in [3.05, 3.63) is 0 Å². The molecular formula is C13H20N4O6S. The van der Waals surface area contributed by atoms with Crippen LogP contribution in [0.3, 0.4) is 0 Å². The molecule has 1 aromatic rings. The smallest absolute Gasteiger partial charge is 0.234 e. The van der Waals surface area contributed by atoms with Crippen molar-refractivity contribution in [1.82, 2.24) is 9.97 Å². The number of thioether (sulfide) groups is 1. The number of nitrogens with two attached hydrogens (primary N) is 1. The molecule has 1 aromatic heterocycles. The Hall–Kier alpha value is -1.37. The Bertz CT molecular complexity index is 594. The molecule has 3 heterocycles. The molecule has 0 bridgehead atoms. The summed E-state index contributed by atoms with van der Waals surface area (Å²) in [5, 5.41) is 38.2. The Morgan fingerprint density at radius 1 is 1.29 bits per heavy atom. The third-order valence-corrected chi connectivity index (χ3v) is 4.87. The number of aromatic nitrogens is 2. The predicted molar refractivity (Wildman–Crippen MR) is 84.6 cm³/mol. The summed E-state index contributed by atoms with van der Waals surface area (Å²) in [7, 11) is 0. The first-order valence-corrected chi connectivity index (χ1v) is 8.48. The number of anilines is 2. The Labute approximate surface area is 142 Å². The van der Waals surface area contributed by atoms with Gasteiger partial charge in [0.15, 0.2) is 12.0 Å². The highest BCUT2D eigenvalue weighted by Crippen LogP contribution is 2.45. The molecule has 0 radical (unpaired) electrons. The highest BCUT2D eigenvalue weighted by molar-refractivity contribution is 8.00. The molecule has 3 rings (SSSR count). The van der Waals surface area contributed by atoms with Crippen LogP contribution < -0.4 is 15.4 Å². The van der Waals surface area contributed by atoms with Crippen molar-refractivity contribution in [2.75, 3.05) is 36.3 Å². The second-order valence-electron chi connectivity index (χ2n) is 5.44. The number of hydrogen-bond acceptors (Lipinski definition) is 11. The van der Waals surface area contributed by atoms with E-state index in [9.17, 15) is 15.3 Å².